The van der Waals surface area contributed by atoms with Crippen molar-refractivity contribution < 1.29 is 9.84 Å². The van der Waals surface area contributed by atoms with Gasteiger partial charge in [-0.05, 0) is 110 Å². The van der Waals surface area contributed by atoms with Gasteiger partial charge >= 0.3 is 0 Å². The Morgan fingerprint density at radius 2 is 1.63 bits per heavy atom. The van der Waals surface area contributed by atoms with Crippen molar-refractivity contribution in [1.29, 1.82) is 0 Å². The van der Waals surface area contributed by atoms with Gasteiger partial charge in [0.05, 0.1) is 12.7 Å². The van der Waals surface area contributed by atoms with Crippen LogP contribution in [0.25, 0.3) is 0 Å². The zero-order valence-electron chi connectivity index (χ0n) is 20.8. The van der Waals surface area contributed by atoms with Gasteiger partial charge in [-0.25, -0.2) is 0 Å². The molecule has 0 aromatic rings. The number of aliphatic hydroxyl groups is 1. The maximum Gasteiger partial charge on any atom is 0.0812 e. The average Bonchev–Trinajstić information content (AvgIpc) is 3.70. The molecule has 1 saturated heterocycles. The van der Waals surface area contributed by atoms with Gasteiger partial charge in [0.1, 0.15) is 0 Å². The van der Waals surface area contributed by atoms with Crippen LogP contribution in [0, 0.1) is 64.6 Å². The van der Waals surface area contributed by atoms with Crippen LogP contribution in [0.5, 0.6) is 0 Å². The predicted molar refractivity (Wildman–Crippen MR) is 125 cm³/mol. The van der Waals surface area contributed by atoms with E-state index in [4.69, 9.17) is 9.84 Å². The van der Waals surface area contributed by atoms with Gasteiger partial charge in [0.2, 0.25) is 0 Å². The fourth-order valence-corrected chi connectivity index (χ4v) is 9.83. The quantitative estimate of drug-likeness (QED) is 0.511. The number of epoxide rings is 1. The van der Waals surface area contributed by atoms with Gasteiger partial charge in [-0.15, -0.1) is 0 Å². The lowest BCUT2D eigenvalue weighted by Crippen LogP contribution is -2.50. The lowest BCUT2D eigenvalue weighted by Gasteiger charge is -2.57. The molecule has 0 amide bonds. The Bertz CT molecular complexity index is 571. The Kier molecular flexibility index (Phi) is 6.96. The first-order valence-electron chi connectivity index (χ1n) is 13.7. The molecule has 5 aliphatic carbocycles. The van der Waals surface area contributed by atoms with E-state index >= 15 is 0 Å². The second-order valence-corrected chi connectivity index (χ2v) is 11.8. The van der Waals surface area contributed by atoms with Gasteiger partial charge < -0.3 is 9.84 Å². The zero-order chi connectivity index (χ0) is 21.6. The molecule has 0 spiro atoms. The number of rotatable bonds is 3. The first-order chi connectivity index (χ1) is 14.6. The molecule has 6 aliphatic rings. The van der Waals surface area contributed by atoms with Crippen LogP contribution in [-0.2, 0) is 4.74 Å². The molecule has 0 bridgehead atoms. The van der Waals surface area contributed by atoms with Crippen molar-refractivity contribution >= 4 is 0 Å². The van der Waals surface area contributed by atoms with Crippen molar-refractivity contribution in [3.63, 3.8) is 0 Å². The smallest absolute Gasteiger partial charge is 0.0812 e. The Balaban J connectivity index is 0.000000516. The molecule has 0 radical (unpaired) electrons. The van der Waals surface area contributed by atoms with Crippen LogP contribution in [0.2, 0.25) is 0 Å². The summed E-state index contributed by atoms with van der Waals surface area (Å²) in [6, 6.07) is 0. The van der Waals surface area contributed by atoms with Gasteiger partial charge in [-0.2, -0.15) is 0 Å². The largest absolute Gasteiger partial charge is 0.400 e. The summed E-state index contributed by atoms with van der Waals surface area (Å²) in [5, 5.41) is 7.00. The van der Waals surface area contributed by atoms with E-state index in [-0.39, 0.29) is 0 Å². The number of hydrogen-bond acceptors (Lipinski definition) is 2. The summed E-state index contributed by atoms with van der Waals surface area (Å²) < 4.78 is 5.70. The van der Waals surface area contributed by atoms with Gasteiger partial charge in [0.15, 0.2) is 0 Å². The SMILES string of the molecule is CC.CC[C@H]1CCC2C(CCC3C2CCC2(C)C(CC4CO4)C4C(C32)[C@@H]4C)C1.CO. The predicted octanol–water partition coefficient (Wildman–Crippen LogP) is 6.81. The van der Waals surface area contributed by atoms with Gasteiger partial charge in [-0.3, -0.25) is 0 Å². The van der Waals surface area contributed by atoms with Gasteiger partial charge in [0.25, 0.3) is 0 Å². The van der Waals surface area contributed by atoms with Crippen LogP contribution in [-0.4, -0.2) is 24.9 Å². The maximum absolute atomic E-state index is 7.00. The highest BCUT2D eigenvalue weighted by atomic mass is 16.6. The van der Waals surface area contributed by atoms with Crippen molar-refractivity contribution in [3.05, 3.63) is 0 Å². The number of fused-ring (bicyclic) bond motifs is 7. The molecule has 0 aromatic heterocycles. The summed E-state index contributed by atoms with van der Waals surface area (Å²) in [6.45, 7) is 12.8. The first-order valence-corrected chi connectivity index (χ1v) is 13.7. The molecule has 30 heavy (non-hydrogen) atoms. The molecule has 1 heterocycles. The second-order valence-electron chi connectivity index (χ2n) is 11.8. The van der Waals surface area contributed by atoms with Crippen molar-refractivity contribution in [2.24, 2.45) is 64.6 Å². The van der Waals surface area contributed by atoms with E-state index < -0.39 is 0 Å². The highest BCUT2D eigenvalue weighted by Gasteiger charge is 2.72. The second kappa shape index (κ2) is 9.05. The Morgan fingerprint density at radius 3 is 2.30 bits per heavy atom. The fraction of sp³-hybridized carbons (Fsp3) is 1.00. The molecule has 2 heteroatoms. The normalized spacial score (nSPS) is 54.7. The van der Waals surface area contributed by atoms with Crippen LogP contribution in [0.3, 0.4) is 0 Å². The van der Waals surface area contributed by atoms with Crippen molar-refractivity contribution in [1.82, 2.24) is 0 Å². The third-order valence-corrected chi connectivity index (χ3v) is 11.1. The van der Waals surface area contributed by atoms with Crippen LogP contribution >= 0.6 is 0 Å². The average molecular weight is 419 g/mol. The highest BCUT2D eigenvalue weighted by molar-refractivity contribution is 5.20. The highest BCUT2D eigenvalue weighted by Crippen LogP contribution is 2.77. The molecule has 10 unspecified atom stereocenters. The molecule has 6 rings (SSSR count). The minimum absolute atomic E-state index is 0.641. The van der Waals surface area contributed by atoms with E-state index in [2.05, 4.69) is 20.8 Å². The molecule has 0 aromatic carbocycles. The minimum Gasteiger partial charge on any atom is -0.400 e. The molecule has 1 aliphatic heterocycles. The first kappa shape index (κ1) is 23.1. The lowest BCUT2D eigenvalue weighted by molar-refractivity contribution is -0.0857. The van der Waals surface area contributed by atoms with Crippen LogP contribution in [0.4, 0.5) is 0 Å². The van der Waals surface area contributed by atoms with Crippen molar-refractivity contribution in [2.75, 3.05) is 13.7 Å². The monoisotopic (exact) mass is 418 g/mol. The lowest BCUT2D eigenvalue weighted by atomic mass is 9.47. The van der Waals surface area contributed by atoms with E-state index in [1.807, 2.05) is 13.8 Å². The van der Waals surface area contributed by atoms with Crippen molar-refractivity contribution in [3.8, 4) is 0 Å². The molecule has 1 N–H and O–H groups in total. The fourth-order valence-electron chi connectivity index (χ4n) is 9.83. The van der Waals surface area contributed by atoms with E-state index in [0.717, 1.165) is 72.9 Å². The maximum atomic E-state index is 7.00. The molecule has 174 valence electrons. The molecule has 6 fully saturated rings. The van der Waals surface area contributed by atoms with E-state index in [1.54, 1.807) is 44.9 Å². The van der Waals surface area contributed by atoms with Gasteiger partial charge in [0, 0.05) is 7.11 Å². The summed E-state index contributed by atoms with van der Waals surface area (Å²) in [5.41, 5.74) is 0.669. The van der Waals surface area contributed by atoms with Crippen LogP contribution in [0.1, 0.15) is 92.4 Å². The van der Waals surface area contributed by atoms with E-state index in [9.17, 15) is 0 Å². The third-order valence-electron chi connectivity index (χ3n) is 11.1. The summed E-state index contributed by atoms with van der Waals surface area (Å²) in [6.07, 6.45) is 14.5. The summed E-state index contributed by atoms with van der Waals surface area (Å²) in [5.74, 6) is 10.7. The molecule has 2 nitrogen and oxygen atoms in total. The van der Waals surface area contributed by atoms with E-state index in [0.29, 0.717) is 11.5 Å². The number of hydrogen-bond donors (Lipinski definition) is 1. The van der Waals surface area contributed by atoms with Crippen LogP contribution < -0.4 is 0 Å². The van der Waals surface area contributed by atoms with Crippen molar-refractivity contribution in [2.45, 2.75) is 98.5 Å². The Morgan fingerprint density at radius 1 is 0.933 bits per heavy atom. The molecule has 12 atom stereocenters. The summed E-state index contributed by atoms with van der Waals surface area (Å²) in [7, 11) is 1.00. The summed E-state index contributed by atoms with van der Waals surface area (Å²) >= 11 is 0. The topological polar surface area (TPSA) is 32.8 Å². The van der Waals surface area contributed by atoms with Crippen LogP contribution in [0.15, 0.2) is 0 Å². The standard InChI is InChI=1S/C25H40O.C2H6.CH4O/c1-4-15-5-7-18-16(11-15)6-8-20-19(18)9-10-25(3)21(12-17-13-26-17)22-14(2)23(22)24(20)25;2*1-2/h14-24H,4-13H2,1-3H3;1-2H3;2H,1H3/t14-,15+,16?,17?,18?,19?,20?,21?,22?,23?,24?,25?;;/m1../s1. The minimum atomic E-state index is 0.641. The van der Waals surface area contributed by atoms with Gasteiger partial charge in [-0.1, -0.05) is 47.5 Å². The number of aliphatic hydroxyl groups excluding tert-OH is 1. The molecular formula is C28H50O2. The zero-order valence-corrected chi connectivity index (χ0v) is 20.8. The molecule has 5 saturated carbocycles. The Labute approximate surface area is 186 Å². The molecular weight excluding hydrogens is 368 g/mol. The van der Waals surface area contributed by atoms with E-state index in [1.165, 1.54) is 12.8 Å². The Hall–Kier alpha value is -0.0800. The number of ether oxygens (including phenoxy) is 1. The third kappa shape index (κ3) is 3.60. The summed E-state index contributed by atoms with van der Waals surface area (Å²) in [4.78, 5) is 0.